The number of piperidine rings is 1. The number of likely N-dealkylation sites (tertiary alicyclic amines) is 1. The number of hydrogen-bond acceptors (Lipinski definition) is 3. The van der Waals surface area contributed by atoms with Crippen molar-refractivity contribution in [3.05, 3.63) is 0 Å². The summed E-state index contributed by atoms with van der Waals surface area (Å²) in [6.07, 6.45) is 3.78. The molecule has 2 aliphatic rings. The lowest BCUT2D eigenvalue weighted by atomic mass is 9.80. The quantitative estimate of drug-likeness (QED) is 0.781. The summed E-state index contributed by atoms with van der Waals surface area (Å²) in [6.45, 7) is 10.4. The molecule has 17 heavy (non-hydrogen) atoms. The van der Waals surface area contributed by atoms with Crippen LogP contribution in [0.15, 0.2) is 0 Å². The van der Waals surface area contributed by atoms with E-state index in [0.717, 1.165) is 30.8 Å². The van der Waals surface area contributed by atoms with Gasteiger partial charge >= 0.3 is 0 Å². The van der Waals surface area contributed by atoms with Gasteiger partial charge in [0.1, 0.15) is 0 Å². The molecule has 2 rings (SSSR count). The molecule has 0 amide bonds. The normalized spacial score (nSPS) is 34.8. The summed E-state index contributed by atoms with van der Waals surface area (Å²) in [5.41, 5.74) is 0.415. The van der Waals surface area contributed by atoms with Gasteiger partial charge in [0.2, 0.25) is 0 Å². The second kappa shape index (κ2) is 5.94. The largest absolute Gasteiger partial charge is 0.381 e. The average Bonchev–Trinajstić information content (AvgIpc) is 2.29. The van der Waals surface area contributed by atoms with Crippen molar-refractivity contribution in [2.75, 3.05) is 38.6 Å². The second-order valence-corrected chi connectivity index (χ2v) is 6.73. The Hall–Kier alpha value is 0.270. The summed E-state index contributed by atoms with van der Waals surface area (Å²) in [6, 6.07) is 0. The SMILES string of the molecule is CC1CC(C)CN(CC2(CS)CCOCC2)C1. The fourth-order valence-corrected chi connectivity index (χ4v) is 3.98. The highest BCUT2D eigenvalue weighted by atomic mass is 32.1. The van der Waals surface area contributed by atoms with E-state index in [0.29, 0.717) is 5.41 Å². The van der Waals surface area contributed by atoms with E-state index >= 15 is 0 Å². The molecule has 0 radical (unpaired) electrons. The Bertz CT molecular complexity index is 230. The lowest BCUT2D eigenvalue weighted by Crippen LogP contribution is -2.47. The van der Waals surface area contributed by atoms with Crippen molar-refractivity contribution in [2.24, 2.45) is 17.3 Å². The Morgan fingerprint density at radius 1 is 1.18 bits per heavy atom. The minimum atomic E-state index is 0.415. The highest BCUT2D eigenvalue weighted by Gasteiger charge is 2.35. The summed E-state index contributed by atoms with van der Waals surface area (Å²) < 4.78 is 5.51. The molecule has 100 valence electrons. The fourth-order valence-electron chi connectivity index (χ4n) is 3.57. The third-order valence-corrected chi connectivity index (χ3v) is 5.06. The Morgan fingerprint density at radius 3 is 2.29 bits per heavy atom. The van der Waals surface area contributed by atoms with Gasteiger partial charge in [0.05, 0.1) is 0 Å². The lowest BCUT2D eigenvalue weighted by Gasteiger charge is -2.43. The molecule has 0 aromatic heterocycles. The van der Waals surface area contributed by atoms with E-state index < -0.39 is 0 Å². The van der Waals surface area contributed by atoms with E-state index in [1.54, 1.807) is 0 Å². The van der Waals surface area contributed by atoms with E-state index in [1.165, 1.54) is 38.9 Å². The monoisotopic (exact) mass is 257 g/mol. The zero-order valence-electron chi connectivity index (χ0n) is 11.3. The van der Waals surface area contributed by atoms with Crippen LogP contribution in [0.1, 0.15) is 33.1 Å². The van der Waals surface area contributed by atoms with Gasteiger partial charge in [0.25, 0.3) is 0 Å². The van der Waals surface area contributed by atoms with Gasteiger partial charge in [-0.25, -0.2) is 0 Å². The molecule has 2 aliphatic heterocycles. The predicted octanol–water partition coefficient (Wildman–Crippen LogP) is 2.69. The smallest absolute Gasteiger partial charge is 0.0472 e. The van der Waals surface area contributed by atoms with Gasteiger partial charge < -0.3 is 9.64 Å². The molecule has 2 atom stereocenters. The fraction of sp³-hybridized carbons (Fsp3) is 1.00. The first-order chi connectivity index (χ1) is 8.13. The number of hydrogen-bond donors (Lipinski definition) is 1. The maximum absolute atomic E-state index is 5.51. The van der Waals surface area contributed by atoms with Gasteiger partial charge in [0, 0.05) is 32.8 Å². The van der Waals surface area contributed by atoms with Crippen LogP contribution in [-0.2, 0) is 4.74 Å². The van der Waals surface area contributed by atoms with E-state index in [2.05, 4.69) is 31.4 Å². The second-order valence-electron chi connectivity index (χ2n) is 6.41. The van der Waals surface area contributed by atoms with E-state index in [-0.39, 0.29) is 0 Å². The molecule has 2 saturated heterocycles. The molecule has 0 saturated carbocycles. The molecule has 0 aromatic rings. The summed E-state index contributed by atoms with van der Waals surface area (Å²) in [4.78, 5) is 2.68. The van der Waals surface area contributed by atoms with E-state index in [1.807, 2.05) is 0 Å². The molecule has 2 unspecified atom stereocenters. The molecule has 0 aromatic carbocycles. The van der Waals surface area contributed by atoms with Crippen LogP contribution in [0.3, 0.4) is 0 Å². The molecule has 0 aliphatic carbocycles. The zero-order chi connectivity index (χ0) is 12.3. The molecule has 2 fully saturated rings. The molecule has 0 spiro atoms. The van der Waals surface area contributed by atoms with Crippen molar-refractivity contribution < 1.29 is 4.74 Å². The minimum absolute atomic E-state index is 0.415. The molecule has 3 heteroatoms. The van der Waals surface area contributed by atoms with Gasteiger partial charge in [-0.05, 0) is 42.3 Å². The maximum Gasteiger partial charge on any atom is 0.0472 e. The Kier molecular flexibility index (Phi) is 4.79. The first-order valence-electron chi connectivity index (χ1n) is 7.04. The highest BCUT2D eigenvalue weighted by Crippen LogP contribution is 2.34. The van der Waals surface area contributed by atoms with Gasteiger partial charge in [-0.1, -0.05) is 13.8 Å². The third kappa shape index (κ3) is 3.62. The molecular weight excluding hydrogens is 230 g/mol. The summed E-state index contributed by atoms with van der Waals surface area (Å²) in [5, 5.41) is 0. The van der Waals surface area contributed by atoms with Gasteiger partial charge in [0.15, 0.2) is 0 Å². The molecule has 2 nitrogen and oxygen atoms in total. The summed E-state index contributed by atoms with van der Waals surface area (Å²) in [5.74, 6) is 2.72. The lowest BCUT2D eigenvalue weighted by molar-refractivity contribution is -0.00322. The van der Waals surface area contributed by atoms with Crippen molar-refractivity contribution in [3.8, 4) is 0 Å². The van der Waals surface area contributed by atoms with Crippen molar-refractivity contribution in [3.63, 3.8) is 0 Å². The molecule has 2 heterocycles. The third-order valence-electron chi connectivity index (χ3n) is 4.39. The van der Waals surface area contributed by atoms with Crippen molar-refractivity contribution >= 4 is 12.6 Å². The highest BCUT2D eigenvalue weighted by molar-refractivity contribution is 7.80. The standard InChI is InChI=1S/C14H27NOS/c1-12-7-13(2)9-15(8-12)10-14(11-17)3-5-16-6-4-14/h12-13,17H,3-11H2,1-2H3. The van der Waals surface area contributed by atoms with Crippen LogP contribution in [-0.4, -0.2) is 43.5 Å². The van der Waals surface area contributed by atoms with Crippen LogP contribution in [0.5, 0.6) is 0 Å². The molecule has 0 N–H and O–H groups in total. The number of thiol groups is 1. The van der Waals surface area contributed by atoms with Crippen LogP contribution in [0, 0.1) is 17.3 Å². The van der Waals surface area contributed by atoms with Crippen molar-refractivity contribution in [1.29, 1.82) is 0 Å². The average molecular weight is 257 g/mol. The first kappa shape index (κ1) is 13.7. The minimum Gasteiger partial charge on any atom is -0.381 e. The van der Waals surface area contributed by atoms with Crippen LogP contribution in [0.25, 0.3) is 0 Å². The van der Waals surface area contributed by atoms with Crippen molar-refractivity contribution in [2.45, 2.75) is 33.1 Å². The summed E-state index contributed by atoms with van der Waals surface area (Å²) >= 11 is 4.61. The number of rotatable bonds is 3. The predicted molar refractivity (Wildman–Crippen MR) is 75.7 cm³/mol. The van der Waals surface area contributed by atoms with Crippen LogP contribution >= 0.6 is 12.6 Å². The number of nitrogens with zero attached hydrogens (tertiary/aromatic N) is 1. The van der Waals surface area contributed by atoms with Gasteiger partial charge in [-0.3, -0.25) is 0 Å². The molecule has 0 bridgehead atoms. The maximum atomic E-state index is 5.51. The van der Waals surface area contributed by atoms with Crippen LogP contribution in [0.2, 0.25) is 0 Å². The number of ether oxygens (including phenoxy) is 1. The van der Waals surface area contributed by atoms with Crippen molar-refractivity contribution in [1.82, 2.24) is 4.90 Å². The van der Waals surface area contributed by atoms with Crippen LogP contribution in [0.4, 0.5) is 0 Å². The van der Waals surface area contributed by atoms with E-state index in [4.69, 9.17) is 4.74 Å². The summed E-state index contributed by atoms with van der Waals surface area (Å²) in [7, 11) is 0. The van der Waals surface area contributed by atoms with Gasteiger partial charge in [-0.15, -0.1) is 0 Å². The topological polar surface area (TPSA) is 12.5 Å². The Balaban J connectivity index is 1.93. The molecular formula is C14H27NOS. The van der Waals surface area contributed by atoms with Crippen LogP contribution < -0.4 is 0 Å². The Morgan fingerprint density at radius 2 is 1.76 bits per heavy atom. The van der Waals surface area contributed by atoms with Gasteiger partial charge in [-0.2, -0.15) is 12.6 Å². The first-order valence-corrected chi connectivity index (χ1v) is 7.68. The Labute approximate surface area is 112 Å². The van der Waals surface area contributed by atoms with E-state index in [9.17, 15) is 0 Å². The zero-order valence-corrected chi connectivity index (χ0v) is 12.2.